The van der Waals surface area contributed by atoms with Gasteiger partial charge in [0.05, 0.1) is 0 Å². The molecule has 0 fully saturated rings. The summed E-state index contributed by atoms with van der Waals surface area (Å²) in [6, 6.07) is 0. The molecule has 0 radical (unpaired) electrons. The van der Waals surface area contributed by atoms with Gasteiger partial charge < -0.3 is 15.7 Å². The van der Waals surface area contributed by atoms with Crippen LogP contribution in [0.5, 0.6) is 0 Å². The lowest BCUT2D eigenvalue weighted by molar-refractivity contribution is 0.296. The molecule has 3 N–H and O–H groups in total. The Labute approximate surface area is 106 Å². The predicted octanol–water partition coefficient (Wildman–Crippen LogP) is 0.774. The maximum atomic E-state index is 8.72. The first-order chi connectivity index (χ1) is 8.21. The number of aliphatic hydroxyl groups is 1. The van der Waals surface area contributed by atoms with Gasteiger partial charge in [-0.2, -0.15) is 15.0 Å². The molecule has 0 bridgehead atoms. The monoisotopic (exact) mass is 257 g/mol. The molecule has 0 aromatic carbocycles. The van der Waals surface area contributed by atoms with Crippen LogP contribution in [0.15, 0.2) is 5.16 Å². The van der Waals surface area contributed by atoms with Crippen LogP contribution in [0.25, 0.3) is 0 Å². The number of aromatic nitrogens is 3. The van der Waals surface area contributed by atoms with Crippen molar-refractivity contribution in [3.8, 4) is 0 Å². The van der Waals surface area contributed by atoms with Crippen molar-refractivity contribution in [3.05, 3.63) is 0 Å². The Balaban J connectivity index is 2.78. The SMILES string of the molecule is CCN(CC)c1nc(N)nc(SCCCO)n1. The molecular formula is C10H19N5OS. The summed E-state index contributed by atoms with van der Waals surface area (Å²) in [5.74, 6) is 1.64. The number of aliphatic hydroxyl groups excluding tert-OH is 1. The van der Waals surface area contributed by atoms with Gasteiger partial charge in [-0.1, -0.05) is 11.8 Å². The van der Waals surface area contributed by atoms with Crippen molar-refractivity contribution in [2.24, 2.45) is 0 Å². The van der Waals surface area contributed by atoms with Crippen LogP contribution in [0, 0.1) is 0 Å². The zero-order chi connectivity index (χ0) is 12.7. The van der Waals surface area contributed by atoms with Crippen LogP contribution in [0.2, 0.25) is 0 Å². The van der Waals surface area contributed by atoms with E-state index in [1.165, 1.54) is 11.8 Å². The molecule has 0 amide bonds. The summed E-state index contributed by atoms with van der Waals surface area (Å²) in [7, 11) is 0. The molecule has 0 unspecified atom stereocenters. The van der Waals surface area contributed by atoms with E-state index >= 15 is 0 Å². The summed E-state index contributed by atoms with van der Waals surface area (Å²) >= 11 is 1.48. The maximum Gasteiger partial charge on any atom is 0.231 e. The first-order valence-electron chi connectivity index (χ1n) is 5.71. The molecule has 0 aliphatic rings. The summed E-state index contributed by atoms with van der Waals surface area (Å²) < 4.78 is 0. The van der Waals surface area contributed by atoms with Crippen LogP contribution in [-0.4, -0.2) is 45.5 Å². The summed E-state index contributed by atoms with van der Waals surface area (Å²) in [5.41, 5.74) is 5.66. The molecule has 0 saturated heterocycles. The number of rotatable bonds is 7. The highest BCUT2D eigenvalue weighted by molar-refractivity contribution is 7.99. The summed E-state index contributed by atoms with van der Waals surface area (Å²) in [4.78, 5) is 14.6. The molecule has 0 spiro atoms. The van der Waals surface area contributed by atoms with Gasteiger partial charge in [0.1, 0.15) is 0 Å². The van der Waals surface area contributed by atoms with Crippen LogP contribution in [0.4, 0.5) is 11.9 Å². The minimum Gasteiger partial charge on any atom is -0.396 e. The Morgan fingerprint density at radius 2 is 1.94 bits per heavy atom. The van der Waals surface area contributed by atoms with Crippen molar-refractivity contribution in [3.63, 3.8) is 0 Å². The highest BCUT2D eigenvalue weighted by Crippen LogP contribution is 2.17. The number of nitrogens with two attached hydrogens (primary N) is 1. The minimum atomic E-state index is 0.177. The number of thioether (sulfide) groups is 1. The molecule has 1 aromatic rings. The number of hydrogen-bond acceptors (Lipinski definition) is 7. The largest absolute Gasteiger partial charge is 0.396 e. The Kier molecular flexibility index (Phi) is 5.99. The fourth-order valence-electron chi connectivity index (χ4n) is 1.30. The smallest absolute Gasteiger partial charge is 0.231 e. The lowest BCUT2D eigenvalue weighted by Gasteiger charge is -2.18. The van der Waals surface area contributed by atoms with Crippen molar-refractivity contribution in [1.29, 1.82) is 0 Å². The van der Waals surface area contributed by atoms with Crippen LogP contribution in [0.1, 0.15) is 20.3 Å². The molecule has 96 valence electrons. The van der Waals surface area contributed by atoms with Crippen molar-refractivity contribution in [2.75, 3.05) is 36.1 Å². The Morgan fingerprint density at radius 1 is 1.24 bits per heavy atom. The number of anilines is 2. The predicted molar refractivity (Wildman–Crippen MR) is 70.2 cm³/mol. The molecule has 1 rings (SSSR count). The first kappa shape index (κ1) is 14.0. The zero-order valence-electron chi connectivity index (χ0n) is 10.3. The highest BCUT2D eigenvalue weighted by atomic mass is 32.2. The third-order valence-electron chi connectivity index (χ3n) is 2.20. The normalized spacial score (nSPS) is 10.5. The molecular weight excluding hydrogens is 238 g/mol. The van der Waals surface area contributed by atoms with Crippen LogP contribution >= 0.6 is 11.8 Å². The average Bonchev–Trinajstić information content (AvgIpc) is 2.30. The minimum absolute atomic E-state index is 0.177. The first-order valence-corrected chi connectivity index (χ1v) is 6.70. The van der Waals surface area contributed by atoms with E-state index in [0.29, 0.717) is 11.1 Å². The van der Waals surface area contributed by atoms with Crippen molar-refractivity contribution in [1.82, 2.24) is 15.0 Å². The molecule has 0 aliphatic carbocycles. The van der Waals surface area contributed by atoms with Crippen LogP contribution in [0.3, 0.4) is 0 Å². The van der Waals surface area contributed by atoms with E-state index in [1.807, 2.05) is 18.7 Å². The number of nitrogens with zero attached hydrogens (tertiary/aromatic N) is 4. The molecule has 7 heteroatoms. The lowest BCUT2D eigenvalue weighted by atomic mass is 10.5. The van der Waals surface area contributed by atoms with Gasteiger partial charge in [-0.15, -0.1) is 0 Å². The van der Waals surface area contributed by atoms with Gasteiger partial charge >= 0.3 is 0 Å². The highest BCUT2D eigenvalue weighted by Gasteiger charge is 2.09. The Morgan fingerprint density at radius 3 is 2.53 bits per heavy atom. The number of hydrogen-bond donors (Lipinski definition) is 2. The maximum absolute atomic E-state index is 8.72. The van der Waals surface area contributed by atoms with Gasteiger partial charge in [-0.3, -0.25) is 0 Å². The van der Waals surface area contributed by atoms with E-state index in [1.54, 1.807) is 0 Å². The molecule has 0 atom stereocenters. The van der Waals surface area contributed by atoms with Gasteiger partial charge in [0.15, 0.2) is 5.16 Å². The van der Waals surface area contributed by atoms with Crippen molar-refractivity contribution in [2.45, 2.75) is 25.4 Å². The van der Waals surface area contributed by atoms with E-state index in [4.69, 9.17) is 10.8 Å². The molecule has 1 heterocycles. The van der Waals surface area contributed by atoms with Crippen LogP contribution < -0.4 is 10.6 Å². The quantitative estimate of drug-likeness (QED) is 0.551. The second-order valence-corrected chi connectivity index (χ2v) is 4.44. The third kappa shape index (κ3) is 4.35. The molecule has 0 saturated carbocycles. The van der Waals surface area contributed by atoms with E-state index in [2.05, 4.69) is 15.0 Å². The topological polar surface area (TPSA) is 88.2 Å². The summed E-state index contributed by atoms with van der Waals surface area (Å²) in [6.07, 6.45) is 0.719. The van der Waals surface area contributed by atoms with Crippen LogP contribution in [-0.2, 0) is 0 Å². The second-order valence-electron chi connectivity index (χ2n) is 3.37. The van der Waals surface area contributed by atoms with Gasteiger partial charge in [-0.25, -0.2) is 0 Å². The van der Waals surface area contributed by atoms with E-state index < -0.39 is 0 Å². The third-order valence-corrected chi connectivity index (χ3v) is 3.13. The van der Waals surface area contributed by atoms with Gasteiger partial charge in [0.2, 0.25) is 11.9 Å². The molecule has 6 nitrogen and oxygen atoms in total. The molecule has 17 heavy (non-hydrogen) atoms. The average molecular weight is 257 g/mol. The lowest BCUT2D eigenvalue weighted by Crippen LogP contribution is -2.25. The molecule has 1 aromatic heterocycles. The van der Waals surface area contributed by atoms with E-state index in [9.17, 15) is 0 Å². The van der Waals surface area contributed by atoms with Gasteiger partial charge in [0.25, 0.3) is 0 Å². The van der Waals surface area contributed by atoms with E-state index in [-0.39, 0.29) is 12.6 Å². The van der Waals surface area contributed by atoms with Crippen molar-refractivity contribution < 1.29 is 5.11 Å². The standard InChI is InChI=1S/C10H19N5OS/c1-3-15(4-2)9-12-8(11)13-10(14-9)17-7-5-6-16/h16H,3-7H2,1-2H3,(H2,11,12,13,14). The fraction of sp³-hybridized carbons (Fsp3) is 0.700. The second kappa shape index (κ2) is 7.29. The van der Waals surface area contributed by atoms with E-state index in [0.717, 1.165) is 25.3 Å². The summed E-state index contributed by atoms with van der Waals surface area (Å²) in [6.45, 7) is 5.93. The fourth-order valence-corrected chi connectivity index (χ4v) is 2.06. The summed E-state index contributed by atoms with van der Waals surface area (Å²) in [5, 5.41) is 9.34. The number of nitrogen functional groups attached to an aromatic ring is 1. The molecule has 0 aliphatic heterocycles. The Bertz CT molecular complexity index is 345. The van der Waals surface area contributed by atoms with Crippen molar-refractivity contribution >= 4 is 23.7 Å². The Hall–Kier alpha value is -1.08. The zero-order valence-corrected chi connectivity index (χ0v) is 11.1. The van der Waals surface area contributed by atoms with Gasteiger partial charge in [0, 0.05) is 25.4 Å². The van der Waals surface area contributed by atoms with Gasteiger partial charge in [-0.05, 0) is 20.3 Å².